The van der Waals surface area contributed by atoms with E-state index in [2.05, 4.69) is 0 Å². The van der Waals surface area contributed by atoms with E-state index >= 15 is 0 Å². The lowest BCUT2D eigenvalue weighted by Crippen LogP contribution is -2.42. The SMILES string of the molecule is COc1cc(C)ccc1OCC(=O)N1CCC[C@@H]1CN. The molecule has 1 amide bonds. The number of benzene rings is 1. The number of rotatable bonds is 5. The zero-order valence-electron chi connectivity index (χ0n) is 12.1. The Bertz CT molecular complexity index is 476. The van der Waals surface area contributed by atoms with Crippen LogP contribution in [0.4, 0.5) is 0 Å². The van der Waals surface area contributed by atoms with Gasteiger partial charge in [0, 0.05) is 19.1 Å². The van der Waals surface area contributed by atoms with Crippen molar-refractivity contribution in [2.24, 2.45) is 5.73 Å². The second-order valence-electron chi connectivity index (χ2n) is 5.06. The number of amides is 1. The monoisotopic (exact) mass is 278 g/mol. The molecule has 1 atom stereocenters. The summed E-state index contributed by atoms with van der Waals surface area (Å²) in [4.78, 5) is 14.0. The van der Waals surface area contributed by atoms with Crippen molar-refractivity contribution in [2.45, 2.75) is 25.8 Å². The van der Waals surface area contributed by atoms with E-state index in [1.807, 2.05) is 30.0 Å². The van der Waals surface area contributed by atoms with E-state index < -0.39 is 0 Å². The molecule has 1 aliphatic rings. The Balaban J connectivity index is 1.96. The fourth-order valence-electron chi connectivity index (χ4n) is 2.53. The summed E-state index contributed by atoms with van der Waals surface area (Å²) in [5, 5.41) is 0. The first-order valence-electron chi connectivity index (χ1n) is 6.92. The van der Waals surface area contributed by atoms with Crippen LogP contribution < -0.4 is 15.2 Å². The van der Waals surface area contributed by atoms with E-state index in [9.17, 15) is 4.79 Å². The van der Waals surface area contributed by atoms with Gasteiger partial charge < -0.3 is 20.1 Å². The van der Waals surface area contributed by atoms with Crippen molar-refractivity contribution in [2.75, 3.05) is 26.8 Å². The number of ether oxygens (including phenoxy) is 2. The third-order valence-electron chi connectivity index (χ3n) is 3.64. The van der Waals surface area contributed by atoms with Gasteiger partial charge in [-0.15, -0.1) is 0 Å². The van der Waals surface area contributed by atoms with E-state index in [1.165, 1.54) is 0 Å². The highest BCUT2D eigenvalue weighted by Gasteiger charge is 2.27. The zero-order valence-corrected chi connectivity index (χ0v) is 12.1. The molecule has 5 nitrogen and oxygen atoms in total. The molecule has 20 heavy (non-hydrogen) atoms. The first kappa shape index (κ1) is 14.7. The lowest BCUT2D eigenvalue weighted by molar-refractivity contribution is -0.134. The summed E-state index contributed by atoms with van der Waals surface area (Å²) in [6, 6.07) is 5.80. The Morgan fingerprint density at radius 1 is 1.45 bits per heavy atom. The maximum Gasteiger partial charge on any atom is 0.260 e. The molecule has 1 fully saturated rings. The summed E-state index contributed by atoms with van der Waals surface area (Å²) in [7, 11) is 1.59. The Morgan fingerprint density at radius 2 is 2.25 bits per heavy atom. The van der Waals surface area contributed by atoms with Crippen molar-refractivity contribution in [3.05, 3.63) is 23.8 Å². The van der Waals surface area contributed by atoms with Crippen LogP contribution in [0, 0.1) is 6.92 Å². The van der Waals surface area contributed by atoms with Crippen molar-refractivity contribution >= 4 is 5.91 Å². The van der Waals surface area contributed by atoms with Crippen LogP contribution in [-0.4, -0.2) is 43.7 Å². The van der Waals surface area contributed by atoms with Crippen molar-refractivity contribution in [3.8, 4) is 11.5 Å². The Hall–Kier alpha value is -1.75. The summed E-state index contributed by atoms with van der Waals surface area (Å²) in [5.41, 5.74) is 6.76. The lowest BCUT2D eigenvalue weighted by atomic mass is 10.2. The van der Waals surface area contributed by atoms with Crippen molar-refractivity contribution in [1.29, 1.82) is 0 Å². The molecule has 0 aromatic heterocycles. The van der Waals surface area contributed by atoms with Crippen LogP contribution in [0.25, 0.3) is 0 Å². The van der Waals surface area contributed by atoms with E-state index in [0.29, 0.717) is 18.0 Å². The predicted octanol–water partition coefficient (Wildman–Crippen LogP) is 1.33. The topological polar surface area (TPSA) is 64.8 Å². The Morgan fingerprint density at radius 3 is 2.95 bits per heavy atom. The summed E-state index contributed by atoms with van der Waals surface area (Å²) in [6.45, 7) is 3.29. The highest BCUT2D eigenvalue weighted by molar-refractivity contribution is 5.78. The fraction of sp³-hybridized carbons (Fsp3) is 0.533. The standard InChI is InChI=1S/C15H22N2O3/c1-11-5-6-13(14(8-11)19-2)20-10-15(18)17-7-3-4-12(17)9-16/h5-6,8,12H,3-4,7,9-10,16H2,1-2H3/t12-/m1/s1. The van der Waals surface area contributed by atoms with E-state index in [1.54, 1.807) is 7.11 Å². The largest absolute Gasteiger partial charge is 0.493 e. The predicted molar refractivity (Wildman–Crippen MR) is 77.0 cm³/mol. The average Bonchev–Trinajstić information content (AvgIpc) is 2.94. The lowest BCUT2D eigenvalue weighted by Gasteiger charge is -2.23. The molecule has 1 heterocycles. The molecule has 0 unspecified atom stereocenters. The van der Waals surface area contributed by atoms with Gasteiger partial charge in [0.25, 0.3) is 5.91 Å². The Kier molecular flexibility index (Phi) is 4.84. The van der Waals surface area contributed by atoms with E-state index in [-0.39, 0.29) is 18.6 Å². The second-order valence-corrected chi connectivity index (χ2v) is 5.06. The molecule has 5 heteroatoms. The van der Waals surface area contributed by atoms with Gasteiger partial charge in [-0.05, 0) is 37.5 Å². The number of nitrogens with zero attached hydrogens (tertiary/aromatic N) is 1. The summed E-state index contributed by atoms with van der Waals surface area (Å²) < 4.78 is 10.8. The second kappa shape index (κ2) is 6.61. The van der Waals surface area contributed by atoms with Crippen molar-refractivity contribution in [1.82, 2.24) is 4.90 Å². The minimum absolute atomic E-state index is 0.0134. The van der Waals surface area contributed by atoms with Crippen LogP contribution in [-0.2, 0) is 4.79 Å². The molecule has 0 radical (unpaired) electrons. The van der Waals surface area contributed by atoms with Crippen LogP contribution in [0.2, 0.25) is 0 Å². The number of methoxy groups -OCH3 is 1. The third kappa shape index (κ3) is 3.22. The van der Waals surface area contributed by atoms with Gasteiger partial charge in [-0.25, -0.2) is 0 Å². The molecule has 1 aromatic rings. The first-order valence-corrected chi connectivity index (χ1v) is 6.92. The average molecular weight is 278 g/mol. The number of likely N-dealkylation sites (tertiary alicyclic amines) is 1. The van der Waals surface area contributed by atoms with Crippen molar-refractivity contribution in [3.63, 3.8) is 0 Å². The van der Waals surface area contributed by atoms with E-state index in [0.717, 1.165) is 24.9 Å². The van der Waals surface area contributed by atoms with Crippen molar-refractivity contribution < 1.29 is 14.3 Å². The summed E-state index contributed by atoms with van der Waals surface area (Å²) in [5.74, 6) is 1.23. The van der Waals surface area contributed by atoms with Crippen LogP contribution in [0.1, 0.15) is 18.4 Å². The summed E-state index contributed by atoms with van der Waals surface area (Å²) in [6.07, 6.45) is 2.00. The van der Waals surface area contributed by atoms with Crippen LogP contribution >= 0.6 is 0 Å². The molecule has 0 bridgehead atoms. The van der Waals surface area contributed by atoms with Gasteiger partial charge in [0.15, 0.2) is 18.1 Å². The molecule has 1 aromatic carbocycles. The molecule has 110 valence electrons. The fourth-order valence-corrected chi connectivity index (χ4v) is 2.53. The highest BCUT2D eigenvalue weighted by atomic mass is 16.5. The number of hydrogen-bond donors (Lipinski definition) is 1. The number of hydrogen-bond acceptors (Lipinski definition) is 4. The first-order chi connectivity index (χ1) is 9.65. The smallest absolute Gasteiger partial charge is 0.260 e. The Labute approximate surface area is 119 Å². The quantitative estimate of drug-likeness (QED) is 0.882. The van der Waals surface area contributed by atoms with Gasteiger partial charge in [0.05, 0.1) is 7.11 Å². The maximum absolute atomic E-state index is 12.2. The number of carbonyl (C=O) groups is 1. The minimum atomic E-state index is -0.0134. The van der Waals surface area contributed by atoms with Gasteiger partial charge in [-0.2, -0.15) is 0 Å². The van der Waals surface area contributed by atoms with Gasteiger partial charge in [-0.3, -0.25) is 4.79 Å². The van der Waals surface area contributed by atoms with Crippen LogP contribution in [0.3, 0.4) is 0 Å². The molecule has 1 saturated heterocycles. The molecule has 1 aliphatic heterocycles. The van der Waals surface area contributed by atoms with Gasteiger partial charge in [0.1, 0.15) is 0 Å². The number of carbonyl (C=O) groups excluding carboxylic acids is 1. The molecule has 0 spiro atoms. The number of aryl methyl sites for hydroxylation is 1. The molecular formula is C15H22N2O3. The summed E-state index contributed by atoms with van der Waals surface area (Å²) >= 11 is 0. The van der Waals surface area contributed by atoms with Gasteiger partial charge in [0.2, 0.25) is 0 Å². The molecule has 0 aliphatic carbocycles. The zero-order chi connectivity index (χ0) is 14.5. The third-order valence-corrected chi connectivity index (χ3v) is 3.64. The van der Waals surface area contributed by atoms with Gasteiger partial charge >= 0.3 is 0 Å². The number of nitrogens with two attached hydrogens (primary N) is 1. The minimum Gasteiger partial charge on any atom is -0.493 e. The highest BCUT2D eigenvalue weighted by Crippen LogP contribution is 2.28. The van der Waals surface area contributed by atoms with Gasteiger partial charge in [-0.1, -0.05) is 6.07 Å². The normalized spacial score (nSPS) is 18.1. The molecule has 2 N–H and O–H groups in total. The molecule has 0 saturated carbocycles. The van der Waals surface area contributed by atoms with E-state index in [4.69, 9.17) is 15.2 Å². The maximum atomic E-state index is 12.2. The molecule has 2 rings (SSSR count). The van der Waals surface area contributed by atoms with Crippen LogP contribution in [0.5, 0.6) is 11.5 Å². The molecular weight excluding hydrogens is 256 g/mol. The van der Waals surface area contributed by atoms with Crippen LogP contribution in [0.15, 0.2) is 18.2 Å².